The summed E-state index contributed by atoms with van der Waals surface area (Å²) in [4.78, 5) is 69.3. The topological polar surface area (TPSA) is 237 Å². The van der Waals surface area contributed by atoms with E-state index in [0.29, 0.717) is 0 Å². The van der Waals surface area contributed by atoms with Crippen LogP contribution in [-0.4, -0.2) is 71.0 Å². The second-order valence-corrected chi connectivity index (χ2v) is 6.01. The van der Waals surface area contributed by atoms with Crippen molar-refractivity contribution < 1.29 is 33.9 Å². The van der Waals surface area contributed by atoms with Gasteiger partial charge in [-0.05, 0) is 6.42 Å². The van der Waals surface area contributed by atoms with E-state index < -0.39 is 66.6 Å². The molecule has 0 saturated carbocycles. The summed E-state index contributed by atoms with van der Waals surface area (Å²) in [5, 5.41) is 15.5. The van der Waals surface area contributed by atoms with Crippen LogP contribution in [0.2, 0.25) is 0 Å². The molecule has 0 rings (SSSR count). The van der Waals surface area contributed by atoms with Gasteiger partial charge < -0.3 is 38.3 Å². The number of aliphatic carboxylic acids is 1. The van der Waals surface area contributed by atoms with Gasteiger partial charge in [-0.3, -0.25) is 24.0 Å². The van der Waals surface area contributed by atoms with Gasteiger partial charge in [-0.15, -0.1) is 0 Å². The quantitative estimate of drug-likeness (QED) is 0.135. The zero-order valence-corrected chi connectivity index (χ0v) is 15.7. The molecule has 10 N–H and O–H groups in total. The van der Waals surface area contributed by atoms with E-state index in [1.807, 2.05) is 0 Å². The van der Waals surface area contributed by atoms with E-state index in [1.54, 1.807) is 0 Å². The number of hydrogen-bond acceptors (Lipinski definition) is 8. The molecule has 13 nitrogen and oxygen atoms in total. The van der Waals surface area contributed by atoms with Crippen molar-refractivity contribution in [2.24, 2.45) is 17.2 Å². The number of nitrogens with two attached hydrogens (primary N) is 3. The molecule has 5 amide bonds. The fourth-order valence-corrected chi connectivity index (χ4v) is 2.20. The Hall–Kier alpha value is -2.87. The van der Waals surface area contributed by atoms with Crippen LogP contribution in [0.25, 0.3) is 0 Å². The lowest BCUT2D eigenvalue weighted by Gasteiger charge is -2.23. The van der Waals surface area contributed by atoms with E-state index in [2.05, 4.69) is 28.6 Å². The van der Waals surface area contributed by atoms with Crippen LogP contribution in [-0.2, 0) is 28.8 Å². The fourth-order valence-electron chi connectivity index (χ4n) is 1.95. The highest BCUT2D eigenvalue weighted by Gasteiger charge is 2.30. The number of primary amides is 2. The van der Waals surface area contributed by atoms with Crippen LogP contribution in [0.15, 0.2) is 0 Å². The summed E-state index contributed by atoms with van der Waals surface area (Å²) in [6.07, 6.45) is -1.12. The van der Waals surface area contributed by atoms with Crippen molar-refractivity contribution in [1.29, 1.82) is 0 Å². The molecule has 0 radical (unpaired) electrons. The molecule has 0 aliphatic carbocycles. The van der Waals surface area contributed by atoms with Crippen LogP contribution in [0.3, 0.4) is 0 Å². The number of carbonyl (C=O) groups excluding carboxylic acids is 5. The summed E-state index contributed by atoms with van der Waals surface area (Å²) in [7, 11) is 0. The minimum absolute atomic E-state index is 0.228. The predicted octanol–water partition coefficient (Wildman–Crippen LogP) is -4.45. The first kappa shape index (κ1) is 25.1. The third-order valence-corrected chi connectivity index (χ3v) is 3.72. The van der Waals surface area contributed by atoms with Crippen molar-refractivity contribution in [2.45, 2.75) is 37.4 Å². The molecule has 0 aliphatic heterocycles. The molecule has 0 aliphatic rings. The highest BCUT2D eigenvalue weighted by Crippen LogP contribution is 2.02. The number of carbonyl (C=O) groups is 6. The number of hydrogen-bond donors (Lipinski definition) is 8. The van der Waals surface area contributed by atoms with E-state index in [4.69, 9.17) is 22.3 Å². The third-order valence-electron chi connectivity index (χ3n) is 3.35. The number of carboxylic acids is 1. The lowest BCUT2D eigenvalue weighted by molar-refractivity contribution is -0.141. The second-order valence-electron chi connectivity index (χ2n) is 5.64. The Balaban J connectivity index is 5.35. The number of thiol groups is 1. The molecule has 3 unspecified atom stereocenters. The van der Waals surface area contributed by atoms with E-state index in [1.165, 1.54) is 0 Å². The van der Waals surface area contributed by atoms with E-state index in [0.717, 1.165) is 0 Å². The Morgan fingerprint density at radius 1 is 0.857 bits per heavy atom. The number of nitrogens with one attached hydrogen (secondary N) is 3. The van der Waals surface area contributed by atoms with Crippen molar-refractivity contribution in [3.05, 3.63) is 0 Å². The van der Waals surface area contributed by atoms with Gasteiger partial charge in [-0.25, -0.2) is 4.79 Å². The molecule has 0 aromatic rings. The maximum absolute atomic E-state index is 12.4. The molecular weight excluding hydrogens is 396 g/mol. The monoisotopic (exact) mass is 420 g/mol. The van der Waals surface area contributed by atoms with Crippen molar-refractivity contribution in [2.75, 3.05) is 12.3 Å². The zero-order chi connectivity index (χ0) is 21.9. The maximum Gasteiger partial charge on any atom is 0.327 e. The van der Waals surface area contributed by atoms with Crippen molar-refractivity contribution in [3.63, 3.8) is 0 Å². The van der Waals surface area contributed by atoms with Crippen molar-refractivity contribution >= 4 is 48.1 Å². The fraction of sp³-hybridized carbons (Fsp3) is 0.571. The number of amides is 5. The molecule has 0 saturated heterocycles. The standard InChI is InChI=1S/C14H24N6O7S/c15-4-11(23)18-7(3-10(17)22)13(25)19-6(1-2-9(16)21)12(24)20-8(5-28)14(26)27/h6-8,28H,1-5,15H2,(H2,16,21)(H2,17,22)(H,18,23)(H,19,25)(H,20,24)(H,26,27). The Bertz CT molecular complexity index is 629. The summed E-state index contributed by atoms with van der Waals surface area (Å²) >= 11 is 3.80. The van der Waals surface area contributed by atoms with Crippen LogP contribution < -0.4 is 33.2 Å². The number of rotatable bonds is 13. The Morgan fingerprint density at radius 3 is 1.82 bits per heavy atom. The van der Waals surface area contributed by atoms with Gasteiger partial charge in [0, 0.05) is 12.2 Å². The largest absolute Gasteiger partial charge is 0.480 e. The Morgan fingerprint density at radius 2 is 1.39 bits per heavy atom. The predicted molar refractivity (Wildman–Crippen MR) is 98.6 cm³/mol. The third kappa shape index (κ3) is 9.72. The van der Waals surface area contributed by atoms with Gasteiger partial charge >= 0.3 is 5.97 Å². The maximum atomic E-state index is 12.4. The van der Waals surface area contributed by atoms with Crippen molar-refractivity contribution in [1.82, 2.24) is 16.0 Å². The van der Waals surface area contributed by atoms with E-state index in [-0.39, 0.29) is 18.6 Å². The van der Waals surface area contributed by atoms with Gasteiger partial charge in [0.25, 0.3) is 0 Å². The number of carboxylic acid groups (broad SMARTS) is 1. The molecular formula is C14H24N6O7S. The molecule has 0 heterocycles. The van der Waals surface area contributed by atoms with Gasteiger partial charge in [-0.2, -0.15) is 12.6 Å². The molecule has 158 valence electrons. The summed E-state index contributed by atoms with van der Waals surface area (Å²) in [5.41, 5.74) is 15.2. The van der Waals surface area contributed by atoms with Crippen LogP contribution in [0, 0.1) is 0 Å². The first-order valence-corrected chi connectivity index (χ1v) is 8.65. The molecule has 28 heavy (non-hydrogen) atoms. The molecule has 0 aromatic carbocycles. The van der Waals surface area contributed by atoms with Crippen LogP contribution in [0.5, 0.6) is 0 Å². The highest BCUT2D eigenvalue weighted by atomic mass is 32.1. The summed E-state index contributed by atoms with van der Waals surface area (Å²) in [6.45, 7) is -0.462. The van der Waals surface area contributed by atoms with E-state index in [9.17, 15) is 28.8 Å². The normalized spacial score (nSPS) is 13.5. The molecule has 14 heteroatoms. The average molecular weight is 420 g/mol. The van der Waals surface area contributed by atoms with Gasteiger partial charge in [0.1, 0.15) is 18.1 Å². The SMILES string of the molecule is NCC(=O)NC(CC(N)=O)C(=O)NC(CCC(N)=O)C(=O)NC(CS)C(=O)O. The van der Waals surface area contributed by atoms with E-state index >= 15 is 0 Å². The lowest BCUT2D eigenvalue weighted by atomic mass is 10.1. The lowest BCUT2D eigenvalue weighted by Crippen LogP contribution is -2.57. The van der Waals surface area contributed by atoms with Crippen LogP contribution in [0.4, 0.5) is 0 Å². The first-order chi connectivity index (χ1) is 13.0. The first-order valence-electron chi connectivity index (χ1n) is 8.02. The smallest absolute Gasteiger partial charge is 0.327 e. The highest BCUT2D eigenvalue weighted by molar-refractivity contribution is 7.80. The van der Waals surface area contributed by atoms with Crippen LogP contribution in [0.1, 0.15) is 19.3 Å². The summed E-state index contributed by atoms with van der Waals surface area (Å²) < 4.78 is 0. The zero-order valence-electron chi connectivity index (χ0n) is 14.8. The minimum Gasteiger partial charge on any atom is -0.480 e. The molecule has 0 aromatic heterocycles. The van der Waals surface area contributed by atoms with Gasteiger partial charge in [0.15, 0.2) is 0 Å². The van der Waals surface area contributed by atoms with Crippen molar-refractivity contribution in [3.8, 4) is 0 Å². The molecule has 0 spiro atoms. The Kier molecular flexibility index (Phi) is 11.2. The average Bonchev–Trinajstić information content (AvgIpc) is 2.60. The molecule has 0 bridgehead atoms. The summed E-state index contributed by atoms with van der Waals surface area (Å²) in [5.74, 6) is -5.88. The van der Waals surface area contributed by atoms with Gasteiger partial charge in [0.05, 0.1) is 13.0 Å². The minimum atomic E-state index is -1.42. The molecule has 0 fully saturated rings. The molecule has 3 atom stereocenters. The van der Waals surface area contributed by atoms with Gasteiger partial charge in [-0.1, -0.05) is 0 Å². The van der Waals surface area contributed by atoms with Crippen LogP contribution >= 0.6 is 12.6 Å². The second kappa shape index (κ2) is 12.5. The van der Waals surface area contributed by atoms with Gasteiger partial charge in [0.2, 0.25) is 29.5 Å². The Labute approximate surface area is 165 Å². The summed E-state index contributed by atoms with van der Waals surface area (Å²) in [6, 6.07) is -4.13.